The number of nitrogens with one attached hydrogen (secondary N) is 1. The van der Waals surface area contributed by atoms with Gasteiger partial charge < -0.3 is 5.32 Å². The van der Waals surface area contributed by atoms with E-state index in [2.05, 4.69) is 23.2 Å². The summed E-state index contributed by atoms with van der Waals surface area (Å²) < 4.78 is 25.3. The Kier molecular flexibility index (Phi) is 7.40. The van der Waals surface area contributed by atoms with Crippen LogP contribution >= 0.6 is 23.1 Å². The zero-order chi connectivity index (χ0) is 18.4. The summed E-state index contributed by atoms with van der Waals surface area (Å²) in [5, 5.41) is 4.81. The van der Waals surface area contributed by atoms with E-state index in [-0.39, 0.29) is 18.5 Å². The Labute approximate surface area is 155 Å². The molecule has 7 heteroatoms. The summed E-state index contributed by atoms with van der Waals surface area (Å²) >= 11 is 2.11. The van der Waals surface area contributed by atoms with E-state index in [0.717, 1.165) is 0 Å². The number of para-hydroxylation sites is 1. The fraction of sp³-hybridized carbons (Fsp3) is 0.389. The predicted molar refractivity (Wildman–Crippen MR) is 102 cm³/mol. The van der Waals surface area contributed by atoms with E-state index in [0.29, 0.717) is 28.9 Å². The minimum absolute atomic E-state index is 0.193. The Morgan fingerprint density at radius 1 is 1.28 bits per heavy atom. The van der Waals surface area contributed by atoms with Gasteiger partial charge in [0, 0.05) is 22.4 Å². The van der Waals surface area contributed by atoms with Crippen LogP contribution in [0.25, 0.3) is 0 Å². The lowest BCUT2D eigenvalue weighted by Gasteiger charge is -2.25. The summed E-state index contributed by atoms with van der Waals surface area (Å²) in [6.45, 7) is 7.04. The molecule has 3 nitrogen and oxygen atoms in total. The van der Waals surface area contributed by atoms with Crippen LogP contribution in [0.3, 0.4) is 0 Å². The van der Waals surface area contributed by atoms with Gasteiger partial charge in [0.15, 0.2) is 0 Å². The van der Waals surface area contributed by atoms with Crippen molar-refractivity contribution in [3.63, 3.8) is 0 Å². The molecule has 1 amide bonds. The molecular formula is C18H22F2N2OS2. The number of carbonyl (C=O) groups is 1. The molecule has 0 unspecified atom stereocenters. The summed E-state index contributed by atoms with van der Waals surface area (Å²) in [7, 11) is 0. The molecule has 136 valence electrons. The first-order chi connectivity index (χ1) is 11.9. The number of thioether (sulfide) groups is 1. The number of benzene rings is 1. The minimum atomic E-state index is -2.52. The van der Waals surface area contributed by atoms with Crippen molar-refractivity contribution in [3.05, 3.63) is 46.2 Å². The molecular weight excluding hydrogens is 362 g/mol. The van der Waals surface area contributed by atoms with E-state index >= 15 is 0 Å². The number of nitrogens with zero attached hydrogens (tertiary/aromatic N) is 1. The monoisotopic (exact) mass is 384 g/mol. The molecule has 0 aliphatic carbocycles. The third-order valence-electron chi connectivity index (χ3n) is 3.77. The zero-order valence-electron chi connectivity index (χ0n) is 14.5. The van der Waals surface area contributed by atoms with Gasteiger partial charge in [-0.3, -0.25) is 9.69 Å². The molecule has 2 aromatic rings. The van der Waals surface area contributed by atoms with Gasteiger partial charge in [-0.25, -0.2) is 0 Å². The highest BCUT2D eigenvalue weighted by Gasteiger charge is 2.18. The van der Waals surface area contributed by atoms with Crippen molar-refractivity contribution in [2.45, 2.75) is 44.0 Å². The lowest BCUT2D eigenvalue weighted by atomic mass is 10.2. The van der Waals surface area contributed by atoms with Crippen molar-refractivity contribution in [2.75, 3.05) is 11.9 Å². The number of alkyl halides is 2. The summed E-state index contributed by atoms with van der Waals surface area (Å²) in [4.78, 5) is 16.1. The smallest absolute Gasteiger partial charge is 0.288 e. The van der Waals surface area contributed by atoms with Gasteiger partial charge in [-0.1, -0.05) is 23.9 Å². The first kappa shape index (κ1) is 19.9. The van der Waals surface area contributed by atoms with Gasteiger partial charge in [-0.2, -0.15) is 8.78 Å². The molecule has 0 aliphatic heterocycles. The van der Waals surface area contributed by atoms with E-state index in [1.165, 1.54) is 10.4 Å². The quantitative estimate of drug-likeness (QED) is 0.633. The van der Waals surface area contributed by atoms with Crippen LogP contribution in [0.5, 0.6) is 0 Å². The van der Waals surface area contributed by atoms with Crippen molar-refractivity contribution in [2.24, 2.45) is 0 Å². The Balaban J connectivity index is 2.03. The highest BCUT2D eigenvalue weighted by Crippen LogP contribution is 2.31. The Hall–Kier alpha value is -1.44. The Bertz CT molecular complexity index is 704. The molecule has 0 atom stereocenters. The molecule has 0 radical (unpaired) electrons. The molecule has 1 heterocycles. The topological polar surface area (TPSA) is 32.3 Å². The zero-order valence-corrected chi connectivity index (χ0v) is 16.1. The van der Waals surface area contributed by atoms with Crippen molar-refractivity contribution < 1.29 is 13.6 Å². The second kappa shape index (κ2) is 9.31. The number of carbonyl (C=O) groups excluding carboxylic acids is 1. The maximum atomic E-state index is 12.6. The molecule has 1 aromatic carbocycles. The lowest BCUT2D eigenvalue weighted by Crippen LogP contribution is -2.37. The molecule has 0 bridgehead atoms. The number of halogens is 2. The first-order valence-electron chi connectivity index (χ1n) is 7.97. The third-order valence-corrected chi connectivity index (χ3v) is 5.56. The number of thiophene rings is 1. The molecule has 1 N–H and O–H groups in total. The standard InChI is InChI=1S/C18H22F2N2OS2/c1-12(2)22(10-16-13(3)8-9-24-16)11-17(23)21-14-6-4-5-7-15(14)25-18(19)20/h4-9,12,18H,10-11H2,1-3H3,(H,21,23). The van der Waals surface area contributed by atoms with Gasteiger partial charge in [0.2, 0.25) is 5.91 Å². The molecule has 0 saturated heterocycles. The molecule has 0 aliphatic rings. The summed E-state index contributed by atoms with van der Waals surface area (Å²) in [6, 6.07) is 8.89. The Morgan fingerprint density at radius 2 is 2.00 bits per heavy atom. The second-order valence-corrected chi connectivity index (χ2v) is 7.98. The Morgan fingerprint density at radius 3 is 2.60 bits per heavy atom. The van der Waals surface area contributed by atoms with Crippen LogP contribution < -0.4 is 5.32 Å². The molecule has 1 aromatic heterocycles. The van der Waals surface area contributed by atoms with Crippen LogP contribution in [0.2, 0.25) is 0 Å². The highest BCUT2D eigenvalue weighted by molar-refractivity contribution is 7.99. The average molecular weight is 385 g/mol. The number of rotatable bonds is 8. The van der Waals surface area contributed by atoms with Gasteiger partial charge in [0.1, 0.15) is 0 Å². The predicted octanol–water partition coefficient (Wildman–Crippen LogP) is 5.22. The first-order valence-corrected chi connectivity index (χ1v) is 9.73. The molecule has 2 rings (SSSR count). The van der Waals surface area contributed by atoms with Crippen molar-refractivity contribution in [1.29, 1.82) is 0 Å². The van der Waals surface area contributed by atoms with Crippen LogP contribution in [0.4, 0.5) is 14.5 Å². The van der Waals surface area contributed by atoms with Crippen molar-refractivity contribution in [3.8, 4) is 0 Å². The van der Waals surface area contributed by atoms with Crippen LogP contribution in [0, 0.1) is 6.92 Å². The van der Waals surface area contributed by atoms with Crippen molar-refractivity contribution >= 4 is 34.7 Å². The van der Waals surface area contributed by atoms with Crippen LogP contribution in [-0.2, 0) is 11.3 Å². The van der Waals surface area contributed by atoms with Gasteiger partial charge in [-0.15, -0.1) is 11.3 Å². The van der Waals surface area contributed by atoms with Crippen molar-refractivity contribution in [1.82, 2.24) is 4.90 Å². The number of aryl methyl sites for hydroxylation is 1. The van der Waals surface area contributed by atoms with E-state index in [4.69, 9.17) is 0 Å². The van der Waals surface area contributed by atoms with Gasteiger partial charge in [0.05, 0.1) is 12.2 Å². The van der Waals surface area contributed by atoms with E-state index < -0.39 is 5.76 Å². The number of anilines is 1. The minimum Gasteiger partial charge on any atom is -0.324 e. The fourth-order valence-electron chi connectivity index (χ4n) is 2.31. The maximum Gasteiger partial charge on any atom is 0.288 e. The fourth-order valence-corrected chi connectivity index (χ4v) is 3.84. The van der Waals surface area contributed by atoms with Crippen LogP contribution in [0.1, 0.15) is 24.3 Å². The van der Waals surface area contributed by atoms with Gasteiger partial charge in [-0.05, 0) is 49.9 Å². The summed E-state index contributed by atoms with van der Waals surface area (Å²) in [5.74, 6) is -2.72. The van der Waals surface area contributed by atoms with E-state index in [1.54, 1.807) is 35.6 Å². The van der Waals surface area contributed by atoms with Gasteiger partial charge >= 0.3 is 0 Å². The molecule has 0 fully saturated rings. The summed E-state index contributed by atoms with van der Waals surface area (Å²) in [6.07, 6.45) is 0. The maximum absolute atomic E-state index is 12.6. The molecule has 0 spiro atoms. The van der Waals surface area contributed by atoms with Crippen LogP contribution in [-0.4, -0.2) is 29.2 Å². The highest BCUT2D eigenvalue weighted by atomic mass is 32.2. The normalized spacial score (nSPS) is 11.5. The second-order valence-electron chi connectivity index (χ2n) is 5.95. The largest absolute Gasteiger partial charge is 0.324 e. The summed E-state index contributed by atoms with van der Waals surface area (Å²) in [5.41, 5.74) is 1.64. The number of amides is 1. The third kappa shape index (κ3) is 6.09. The lowest BCUT2D eigenvalue weighted by molar-refractivity contribution is -0.117. The number of hydrogen-bond donors (Lipinski definition) is 1. The molecule has 0 saturated carbocycles. The van der Waals surface area contributed by atoms with E-state index in [1.807, 2.05) is 19.2 Å². The molecule has 25 heavy (non-hydrogen) atoms. The van der Waals surface area contributed by atoms with E-state index in [9.17, 15) is 13.6 Å². The number of hydrogen-bond acceptors (Lipinski definition) is 4. The SMILES string of the molecule is Cc1ccsc1CN(CC(=O)Nc1ccccc1SC(F)F)C(C)C. The van der Waals surface area contributed by atoms with Crippen LogP contribution in [0.15, 0.2) is 40.6 Å². The van der Waals surface area contributed by atoms with Gasteiger partial charge in [0.25, 0.3) is 5.76 Å². The average Bonchev–Trinajstić information content (AvgIpc) is 2.93.